The minimum Gasteiger partial charge on any atom is -0.507 e. The molecule has 0 radical (unpaired) electrons. The normalized spacial score (nSPS) is 28.5. The van der Waals surface area contributed by atoms with E-state index >= 15 is 0 Å². The lowest BCUT2D eigenvalue weighted by Gasteiger charge is -2.42. The molecule has 0 spiro atoms. The number of phenols is 1. The molecule has 4 atom stereocenters. The first-order chi connectivity index (χ1) is 15.8. The van der Waals surface area contributed by atoms with Crippen LogP contribution in [0.4, 0.5) is 0 Å². The highest BCUT2D eigenvalue weighted by molar-refractivity contribution is 6.23. The third-order valence-corrected chi connectivity index (χ3v) is 7.24. The van der Waals surface area contributed by atoms with Crippen molar-refractivity contribution in [3.05, 3.63) is 52.1 Å². The van der Waals surface area contributed by atoms with Gasteiger partial charge in [0.1, 0.15) is 17.2 Å². The second kappa shape index (κ2) is 7.43. The minimum atomic E-state index is -0.787. The van der Waals surface area contributed by atoms with Gasteiger partial charge in [-0.1, -0.05) is 11.6 Å². The Morgan fingerprint density at radius 2 is 1.79 bits per heavy atom. The number of imide groups is 1. The van der Waals surface area contributed by atoms with E-state index in [-0.39, 0.29) is 41.1 Å². The number of ether oxygens (including phenoxy) is 2. The first-order valence-corrected chi connectivity index (χ1v) is 10.8. The number of methoxy groups -OCH3 is 2. The van der Waals surface area contributed by atoms with Crippen LogP contribution in [0.2, 0.25) is 0 Å². The molecule has 0 unspecified atom stereocenters. The number of nitrogens with one attached hydrogen (secondary N) is 1. The molecule has 3 aliphatic carbocycles. The molecule has 1 aromatic carbocycles. The Morgan fingerprint density at radius 3 is 2.48 bits per heavy atom. The van der Waals surface area contributed by atoms with Gasteiger partial charge in [-0.15, -0.1) is 0 Å². The number of phenolic OH excluding ortho intramolecular Hbond substituents is 1. The van der Waals surface area contributed by atoms with Crippen LogP contribution >= 0.6 is 0 Å². The van der Waals surface area contributed by atoms with Crippen LogP contribution in [0, 0.1) is 17.8 Å². The molecule has 33 heavy (non-hydrogen) atoms. The van der Waals surface area contributed by atoms with E-state index in [1.54, 1.807) is 13.0 Å². The lowest BCUT2D eigenvalue weighted by Crippen LogP contribution is -2.39. The number of aromatic hydroxyl groups is 1. The van der Waals surface area contributed by atoms with Crippen LogP contribution in [0.1, 0.15) is 31.2 Å². The molecule has 1 heterocycles. The topological polar surface area (TPSA) is 119 Å². The number of carbonyl (C=O) groups excluding carboxylic acids is 4. The fourth-order valence-electron chi connectivity index (χ4n) is 5.79. The highest BCUT2D eigenvalue weighted by Crippen LogP contribution is 2.57. The van der Waals surface area contributed by atoms with Gasteiger partial charge in [0.25, 0.3) is 0 Å². The van der Waals surface area contributed by atoms with E-state index < -0.39 is 23.7 Å². The van der Waals surface area contributed by atoms with Gasteiger partial charge in [0.15, 0.2) is 11.6 Å². The number of amides is 2. The Kier molecular flexibility index (Phi) is 4.77. The second-order valence-electron chi connectivity index (χ2n) is 8.84. The average Bonchev–Trinajstić information content (AvgIpc) is 3.09. The summed E-state index contributed by atoms with van der Waals surface area (Å²) in [6, 6.07) is 3.03. The maximum Gasteiger partial charge on any atom is 0.231 e. The number of hydrogen-bond donors (Lipinski definition) is 2. The highest BCUT2D eigenvalue weighted by Gasteiger charge is 2.54. The van der Waals surface area contributed by atoms with Gasteiger partial charge in [-0.25, -0.2) is 0 Å². The van der Waals surface area contributed by atoms with Crippen LogP contribution in [0.25, 0.3) is 0 Å². The molecule has 2 N–H and O–H groups in total. The molecular weight excluding hydrogens is 426 g/mol. The summed E-state index contributed by atoms with van der Waals surface area (Å²) in [5.74, 6) is -3.10. The Balaban J connectivity index is 1.77. The van der Waals surface area contributed by atoms with Crippen LogP contribution in [-0.4, -0.2) is 42.7 Å². The molecule has 4 aliphatic rings. The molecule has 170 valence electrons. The van der Waals surface area contributed by atoms with Crippen molar-refractivity contribution in [2.45, 2.75) is 25.7 Å². The van der Waals surface area contributed by atoms with Crippen LogP contribution in [0.5, 0.6) is 17.2 Å². The van der Waals surface area contributed by atoms with Crippen molar-refractivity contribution in [1.82, 2.24) is 5.32 Å². The zero-order valence-electron chi connectivity index (χ0n) is 18.4. The number of Topliss-reactive ketones (excluding diaryl/α,β-unsaturated/α-hetero) is 1. The van der Waals surface area contributed by atoms with Crippen molar-refractivity contribution in [3.8, 4) is 17.2 Å². The predicted molar refractivity (Wildman–Crippen MR) is 116 cm³/mol. The third kappa shape index (κ3) is 2.97. The molecule has 8 heteroatoms. The number of carbonyl (C=O) groups is 4. The summed E-state index contributed by atoms with van der Waals surface area (Å²) in [6.07, 6.45) is 3.72. The van der Waals surface area contributed by atoms with Crippen LogP contribution < -0.4 is 14.8 Å². The fourth-order valence-corrected chi connectivity index (χ4v) is 5.79. The number of ketones is 2. The molecule has 1 saturated heterocycles. The van der Waals surface area contributed by atoms with Crippen molar-refractivity contribution >= 4 is 23.4 Å². The average molecular weight is 449 g/mol. The number of rotatable bonds is 3. The van der Waals surface area contributed by atoms with Gasteiger partial charge in [-0.3, -0.25) is 24.5 Å². The van der Waals surface area contributed by atoms with Crippen molar-refractivity contribution in [3.63, 3.8) is 0 Å². The summed E-state index contributed by atoms with van der Waals surface area (Å²) in [6.45, 7) is 1.59. The smallest absolute Gasteiger partial charge is 0.231 e. The maximum absolute atomic E-state index is 13.2. The summed E-state index contributed by atoms with van der Waals surface area (Å²) in [5, 5.41) is 13.4. The molecular formula is C25H23NO7. The molecule has 1 fully saturated rings. The third-order valence-electron chi connectivity index (χ3n) is 7.24. The SMILES string of the molecule is COc1cc(O)c([C@H]2C3=CC[C@@H]4C(=O)NC(=O)[C@@H]4[C@@H]3CC3=C2C(=O)C=C(C)C3=O)c(OC)c1. The molecule has 0 aromatic heterocycles. The molecule has 8 nitrogen and oxygen atoms in total. The standard InChI is InChI=1S/C25H23NO7/c1-10-6-16(27)20-15(23(10)29)9-14-12(4-5-13-19(14)25(31)26-24(13)30)21(20)22-17(28)7-11(32-2)8-18(22)33-3/h4,6-8,13-14,19,21,28H,5,9H2,1-3H3,(H,26,30,31)/t13-,14+,19-,21-/m0/s1. The lowest BCUT2D eigenvalue weighted by molar-refractivity contribution is -0.126. The van der Waals surface area contributed by atoms with E-state index in [1.165, 1.54) is 26.4 Å². The van der Waals surface area contributed by atoms with E-state index in [9.17, 15) is 24.3 Å². The van der Waals surface area contributed by atoms with Gasteiger partial charge in [0.2, 0.25) is 11.8 Å². The van der Waals surface area contributed by atoms with Crippen LogP contribution in [-0.2, 0) is 19.2 Å². The Hall–Kier alpha value is -3.68. The van der Waals surface area contributed by atoms with Gasteiger partial charge in [0, 0.05) is 40.3 Å². The van der Waals surface area contributed by atoms with Crippen molar-refractivity contribution in [2.75, 3.05) is 14.2 Å². The summed E-state index contributed by atoms with van der Waals surface area (Å²) in [7, 11) is 2.90. The molecule has 2 amide bonds. The zero-order chi connectivity index (χ0) is 23.6. The van der Waals surface area contributed by atoms with Gasteiger partial charge in [0.05, 0.1) is 26.1 Å². The fraction of sp³-hybridized carbons (Fsp3) is 0.360. The van der Waals surface area contributed by atoms with Crippen LogP contribution in [0.3, 0.4) is 0 Å². The Labute approximate surface area is 189 Å². The highest BCUT2D eigenvalue weighted by atomic mass is 16.5. The summed E-state index contributed by atoms with van der Waals surface area (Å²) < 4.78 is 10.8. The Bertz CT molecular complexity index is 1240. The predicted octanol–water partition coefficient (Wildman–Crippen LogP) is 2.13. The molecule has 0 bridgehead atoms. The minimum absolute atomic E-state index is 0.148. The zero-order valence-corrected chi connectivity index (χ0v) is 18.4. The monoisotopic (exact) mass is 449 g/mol. The largest absolute Gasteiger partial charge is 0.507 e. The first kappa shape index (κ1) is 21.2. The van der Waals surface area contributed by atoms with E-state index in [0.717, 1.165) is 5.57 Å². The Morgan fingerprint density at radius 1 is 1.03 bits per heavy atom. The van der Waals surface area contributed by atoms with E-state index in [2.05, 4.69) is 5.32 Å². The number of fused-ring (bicyclic) bond motifs is 3. The maximum atomic E-state index is 13.2. The van der Waals surface area contributed by atoms with Crippen molar-refractivity contribution in [2.24, 2.45) is 17.8 Å². The lowest BCUT2D eigenvalue weighted by atomic mass is 9.59. The summed E-state index contributed by atoms with van der Waals surface area (Å²) >= 11 is 0. The number of benzene rings is 1. The van der Waals surface area contributed by atoms with Crippen molar-refractivity contribution in [1.29, 1.82) is 0 Å². The number of hydrogen-bond acceptors (Lipinski definition) is 7. The molecule has 5 rings (SSSR count). The summed E-state index contributed by atoms with van der Waals surface area (Å²) in [5.41, 5.74) is 2.02. The van der Waals surface area contributed by atoms with E-state index in [0.29, 0.717) is 34.6 Å². The molecule has 1 aromatic rings. The molecule has 1 aliphatic heterocycles. The summed E-state index contributed by atoms with van der Waals surface area (Å²) in [4.78, 5) is 51.5. The van der Waals surface area contributed by atoms with Crippen molar-refractivity contribution < 1.29 is 33.8 Å². The first-order valence-electron chi connectivity index (χ1n) is 10.8. The number of allylic oxidation sites excluding steroid dienone is 6. The quantitative estimate of drug-likeness (QED) is 0.412. The van der Waals surface area contributed by atoms with Gasteiger partial charge in [-0.05, 0) is 31.8 Å². The second-order valence-corrected chi connectivity index (χ2v) is 8.84. The van der Waals surface area contributed by atoms with Gasteiger partial charge < -0.3 is 14.6 Å². The van der Waals surface area contributed by atoms with Gasteiger partial charge >= 0.3 is 0 Å². The van der Waals surface area contributed by atoms with E-state index in [1.807, 2.05) is 6.08 Å². The van der Waals surface area contributed by atoms with E-state index in [4.69, 9.17) is 9.47 Å². The molecule has 0 saturated carbocycles. The van der Waals surface area contributed by atoms with Crippen LogP contribution in [0.15, 0.2) is 46.6 Å². The van der Waals surface area contributed by atoms with Gasteiger partial charge in [-0.2, -0.15) is 0 Å².